The smallest absolute Gasteiger partial charge is 0.0738 e. The third-order valence-corrected chi connectivity index (χ3v) is 3.88. The van der Waals surface area contributed by atoms with Crippen molar-refractivity contribution >= 4 is 0 Å². The molecule has 1 aliphatic heterocycles. The van der Waals surface area contributed by atoms with E-state index in [1.165, 1.54) is 12.0 Å². The fraction of sp³-hybridized carbons (Fsp3) is 0.667. The van der Waals surface area contributed by atoms with Crippen LogP contribution in [0.15, 0.2) is 24.5 Å². The third kappa shape index (κ3) is 3.09. The Morgan fingerprint density at radius 2 is 2.11 bits per heavy atom. The van der Waals surface area contributed by atoms with E-state index in [-0.39, 0.29) is 0 Å². The standard InChI is InChI=1S/C15H24N2O/c1-4-17-15(14-6-5-11(2)18-14)12(3)13-7-9-16-10-8-13/h7-12,14-15,17H,4-6H2,1-3H3. The molecular weight excluding hydrogens is 224 g/mol. The highest BCUT2D eigenvalue weighted by Crippen LogP contribution is 2.29. The number of nitrogens with one attached hydrogen (secondary N) is 1. The summed E-state index contributed by atoms with van der Waals surface area (Å²) < 4.78 is 6.04. The minimum Gasteiger partial charge on any atom is -0.374 e. The van der Waals surface area contributed by atoms with Gasteiger partial charge in [-0.05, 0) is 49.9 Å². The monoisotopic (exact) mass is 248 g/mol. The Bertz CT molecular complexity index is 355. The van der Waals surface area contributed by atoms with E-state index in [1.807, 2.05) is 12.4 Å². The molecule has 4 atom stereocenters. The normalized spacial score (nSPS) is 27.1. The van der Waals surface area contributed by atoms with Gasteiger partial charge in [-0.25, -0.2) is 0 Å². The van der Waals surface area contributed by atoms with Gasteiger partial charge in [0.15, 0.2) is 0 Å². The molecule has 1 fully saturated rings. The van der Waals surface area contributed by atoms with Crippen molar-refractivity contribution < 1.29 is 4.74 Å². The van der Waals surface area contributed by atoms with E-state index in [0.717, 1.165) is 13.0 Å². The SMILES string of the molecule is CCNC(C1CCC(C)O1)C(C)c1ccncc1. The first-order chi connectivity index (χ1) is 8.72. The van der Waals surface area contributed by atoms with Crippen LogP contribution in [0.25, 0.3) is 0 Å². The summed E-state index contributed by atoms with van der Waals surface area (Å²) in [7, 11) is 0. The Labute approximate surface area is 110 Å². The van der Waals surface area contributed by atoms with Crippen LogP contribution in [-0.4, -0.2) is 29.8 Å². The zero-order valence-corrected chi connectivity index (χ0v) is 11.6. The third-order valence-electron chi connectivity index (χ3n) is 3.88. The van der Waals surface area contributed by atoms with E-state index < -0.39 is 0 Å². The number of aromatic nitrogens is 1. The maximum Gasteiger partial charge on any atom is 0.0738 e. The van der Waals surface area contributed by atoms with Gasteiger partial charge in [0.2, 0.25) is 0 Å². The molecule has 0 amide bonds. The highest BCUT2D eigenvalue weighted by Gasteiger charge is 2.32. The van der Waals surface area contributed by atoms with E-state index in [1.54, 1.807) is 0 Å². The van der Waals surface area contributed by atoms with Gasteiger partial charge < -0.3 is 10.1 Å². The molecular formula is C15H24N2O. The quantitative estimate of drug-likeness (QED) is 0.870. The number of hydrogen-bond acceptors (Lipinski definition) is 3. The van der Waals surface area contributed by atoms with E-state index in [0.29, 0.717) is 24.2 Å². The van der Waals surface area contributed by atoms with Crippen LogP contribution in [0.2, 0.25) is 0 Å². The summed E-state index contributed by atoms with van der Waals surface area (Å²) in [6.07, 6.45) is 6.81. The molecule has 1 aromatic heterocycles. The lowest BCUT2D eigenvalue weighted by Gasteiger charge is -2.30. The average molecular weight is 248 g/mol. The van der Waals surface area contributed by atoms with E-state index in [9.17, 15) is 0 Å². The molecule has 0 radical (unpaired) electrons. The molecule has 3 heteroatoms. The molecule has 0 bridgehead atoms. The maximum absolute atomic E-state index is 6.04. The highest BCUT2D eigenvalue weighted by molar-refractivity contribution is 5.18. The lowest BCUT2D eigenvalue weighted by atomic mass is 9.89. The van der Waals surface area contributed by atoms with Crippen LogP contribution in [0.1, 0.15) is 45.1 Å². The second-order valence-corrected chi connectivity index (χ2v) is 5.22. The fourth-order valence-electron chi connectivity index (χ4n) is 2.84. The molecule has 1 aliphatic rings. The van der Waals surface area contributed by atoms with Crippen molar-refractivity contribution in [2.24, 2.45) is 0 Å². The largest absolute Gasteiger partial charge is 0.374 e. The van der Waals surface area contributed by atoms with Crippen LogP contribution in [0.4, 0.5) is 0 Å². The van der Waals surface area contributed by atoms with Crippen LogP contribution in [-0.2, 0) is 4.74 Å². The molecule has 1 saturated heterocycles. The van der Waals surface area contributed by atoms with E-state index >= 15 is 0 Å². The number of rotatable bonds is 5. The predicted octanol–water partition coefficient (Wildman–Crippen LogP) is 2.73. The summed E-state index contributed by atoms with van der Waals surface area (Å²) in [6, 6.07) is 4.60. The average Bonchev–Trinajstić information content (AvgIpc) is 2.82. The van der Waals surface area contributed by atoms with Crippen molar-refractivity contribution in [2.75, 3.05) is 6.54 Å². The Balaban J connectivity index is 2.09. The van der Waals surface area contributed by atoms with Crippen LogP contribution >= 0.6 is 0 Å². The Hall–Kier alpha value is -0.930. The first-order valence-electron chi connectivity index (χ1n) is 7.01. The minimum absolute atomic E-state index is 0.336. The van der Waals surface area contributed by atoms with Gasteiger partial charge in [-0.3, -0.25) is 4.98 Å². The van der Waals surface area contributed by atoms with Crippen molar-refractivity contribution in [3.8, 4) is 0 Å². The number of likely N-dealkylation sites (N-methyl/N-ethyl adjacent to an activating group) is 1. The van der Waals surface area contributed by atoms with E-state index in [2.05, 4.69) is 43.2 Å². The zero-order chi connectivity index (χ0) is 13.0. The Morgan fingerprint density at radius 3 is 2.67 bits per heavy atom. The summed E-state index contributed by atoms with van der Waals surface area (Å²) in [5.74, 6) is 0.447. The first-order valence-corrected chi connectivity index (χ1v) is 7.01. The number of ether oxygens (including phenoxy) is 1. The minimum atomic E-state index is 0.336. The fourth-order valence-corrected chi connectivity index (χ4v) is 2.84. The van der Waals surface area contributed by atoms with Gasteiger partial charge in [-0.1, -0.05) is 13.8 Å². The van der Waals surface area contributed by atoms with Crippen molar-refractivity contribution in [2.45, 2.75) is 57.8 Å². The number of nitrogens with zero attached hydrogens (tertiary/aromatic N) is 1. The van der Waals surface area contributed by atoms with Gasteiger partial charge in [0.05, 0.1) is 12.2 Å². The van der Waals surface area contributed by atoms with Crippen molar-refractivity contribution in [3.05, 3.63) is 30.1 Å². The van der Waals surface area contributed by atoms with Gasteiger partial charge >= 0.3 is 0 Å². The summed E-state index contributed by atoms with van der Waals surface area (Å²) >= 11 is 0. The van der Waals surface area contributed by atoms with Crippen molar-refractivity contribution in [3.63, 3.8) is 0 Å². The number of pyridine rings is 1. The number of hydrogen-bond donors (Lipinski definition) is 1. The van der Waals surface area contributed by atoms with E-state index in [4.69, 9.17) is 4.74 Å². The molecule has 4 unspecified atom stereocenters. The van der Waals surface area contributed by atoms with Gasteiger partial charge in [0.25, 0.3) is 0 Å². The lowest BCUT2D eigenvalue weighted by Crippen LogP contribution is -2.43. The topological polar surface area (TPSA) is 34.1 Å². The van der Waals surface area contributed by atoms with Crippen molar-refractivity contribution in [1.82, 2.24) is 10.3 Å². The zero-order valence-electron chi connectivity index (χ0n) is 11.6. The summed E-state index contributed by atoms with van der Waals surface area (Å²) in [6.45, 7) is 7.58. The second-order valence-electron chi connectivity index (χ2n) is 5.22. The molecule has 3 nitrogen and oxygen atoms in total. The summed E-state index contributed by atoms with van der Waals surface area (Å²) in [5.41, 5.74) is 1.33. The second kappa shape index (κ2) is 6.30. The molecule has 1 aromatic rings. The molecule has 0 aromatic carbocycles. The summed E-state index contributed by atoms with van der Waals surface area (Å²) in [4.78, 5) is 4.09. The molecule has 0 aliphatic carbocycles. The molecule has 100 valence electrons. The van der Waals surface area contributed by atoms with Gasteiger partial charge in [0, 0.05) is 18.4 Å². The Kier molecular flexibility index (Phi) is 4.72. The van der Waals surface area contributed by atoms with Crippen molar-refractivity contribution in [1.29, 1.82) is 0 Å². The van der Waals surface area contributed by atoms with Crippen LogP contribution in [0.3, 0.4) is 0 Å². The maximum atomic E-state index is 6.04. The van der Waals surface area contributed by atoms with Gasteiger partial charge in [0.1, 0.15) is 0 Å². The highest BCUT2D eigenvalue weighted by atomic mass is 16.5. The lowest BCUT2D eigenvalue weighted by molar-refractivity contribution is 0.0271. The molecule has 18 heavy (non-hydrogen) atoms. The summed E-state index contributed by atoms with van der Waals surface area (Å²) in [5, 5.41) is 3.60. The molecule has 2 heterocycles. The molecule has 2 rings (SSSR count). The predicted molar refractivity (Wildman–Crippen MR) is 73.7 cm³/mol. The molecule has 0 spiro atoms. The molecule has 0 saturated carbocycles. The van der Waals surface area contributed by atoms with Crippen LogP contribution in [0, 0.1) is 0 Å². The first kappa shape index (κ1) is 13.5. The van der Waals surface area contributed by atoms with Crippen LogP contribution in [0.5, 0.6) is 0 Å². The molecule has 1 N–H and O–H groups in total. The Morgan fingerprint density at radius 1 is 1.39 bits per heavy atom. The van der Waals surface area contributed by atoms with Crippen LogP contribution < -0.4 is 5.32 Å². The van der Waals surface area contributed by atoms with Gasteiger partial charge in [-0.2, -0.15) is 0 Å². The van der Waals surface area contributed by atoms with Gasteiger partial charge in [-0.15, -0.1) is 0 Å².